The van der Waals surface area contributed by atoms with Crippen LogP contribution in [0, 0.1) is 0 Å². The smallest absolute Gasteiger partial charge is 0.265 e. The second kappa shape index (κ2) is 7.77. The molecule has 1 aromatic heterocycles. The van der Waals surface area contributed by atoms with Crippen molar-refractivity contribution in [2.45, 2.75) is 31.2 Å². The van der Waals surface area contributed by atoms with Crippen LogP contribution in [0.3, 0.4) is 0 Å². The maximum absolute atomic E-state index is 12.3. The van der Waals surface area contributed by atoms with Gasteiger partial charge in [-0.25, -0.2) is 13.1 Å². The summed E-state index contributed by atoms with van der Waals surface area (Å²) in [4.78, 5) is 23.5. The first kappa shape index (κ1) is 19.1. The summed E-state index contributed by atoms with van der Waals surface area (Å²) in [6.45, 7) is 3.60. The summed E-state index contributed by atoms with van der Waals surface area (Å²) in [5.41, 5.74) is -0.0678. The Labute approximate surface area is 149 Å². The van der Waals surface area contributed by atoms with Gasteiger partial charge in [0.1, 0.15) is 0 Å². The Kier molecular flexibility index (Phi) is 5.93. The number of aromatic carboxylic acids is 1. The van der Waals surface area contributed by atoms with Crippen LogP contribution in [0.15, 0.2) is 40.6 Å². The van der Waals surface area contributed by atoms with E-state index in [-0.39, 0.29) is 27.1 Å². The van der Waals surface area contributed by atoms with Crippen molar-refractivity contribution in [3.63, 3.8) is 0 Å². The fourth-order valence-electron chi connectivity index (χ4n) is 1.95. The van der Waals surface area contributed by atoms with E-state index < -0.39 is 21.9 Å². The Balaban J connectivity index is 2.20. The van der Waals surface area contributed by atoms with E-state index in [4.69, 9.17) is 0 Å². The second-order valence-electron chi connectivity index (χ2n) is 5.36. The van der Waals surface area contributed by atoms with Crippen LogP contribution in [0.25, 0.3) is 0 Å². The number of carbonyl (C=O) groups is 2. The molecule has 2 N–H and O–H groups in total. The van der Waals surface area contributed by atoms with Gasteiger partial charge in [0.15, 0.2) is 0 Å². The predicted molar refractivity (Wildman–Crippen MR) is 93.1 cm³/mol. The third-order valence-corrected chi connectivity index (χ3v) is 6.12. The molecule has 1 atom stereocenters. The first-order valence-corrected chi connectivity index (χ1v) is 9.83. The molecular weight excluding hydrogens is 364 g/mol. The van der Waals surface area contributed by atoms with Gasteiger partial charge in [0.05, 0.1) is 21.4 Å². The Morgan fingerprint density at radius 2 is 1.96 bits per heavy atom. The summed E-state index contributed by atoms with van der Waals surface area (Å²) in [5.74, 6) is -2.01. The molecule has 25 heavy (non-hydrogen) atoms. The van der Waals surface area contributed by atoms with E-state index in [1.807, 2.05) is 6.92 Å². The molecule has 0 aliphatic rings. The topological polar surface area (TPSA) is 115 Å². The molecule has 134 valence electrons. The zero-order chi connectivity index (χ0) is 18.6. The molecule has 1 aromatic carbocycles. The number of thiophene rings is 1. The molecule has 0 bridgehead atoms. The van der Waals surface area contributed by atoms with Crippen molar-refractivity contribution in [2.75, 3.05) is 5.32 Å². The van der Waals surface area contributed by atoms with Crippen LogP contribution in [-0.4, -0.2) is 26.3 Å². The maximum Gasteiger partial charge on any atom is 0.265 e. The molecule has 7 nitrogen and oxygen atoms in total. The SMILES string of the molecule is CC[C@H](C)NS(=O)(=O)c1csc(C(=O)Nc2ccccc2C(=O)[O-])c1. The number of rotatable bonds is 7. The maximum atomic E-state index is 12.3. The molecule has 2 aromatic rings. The van der Waals surface area contributed by atoms with Crippen LogP contribution in [0.4, 0.5) is 5.69 Å². The molecule has 1 amide bonds. The second-order valence-corrected chi connectivity index (χ2v) is 7.99. The Morgan fingerprint density at radius 1 is 1.28 bits per heavy atom. The fourth-order valence-corrected chi connectivity index (χ4v) is 4.44. The highest BCUT2D eigenvalue weighted by Gasteiger charge is 2.20. The van der Waals surface area contributed by atoms with Crippen molar-refractivity contribution in [2.24, 2.45) is 0 Å². The van der Waals surface area contributed by atoms with Gasteiger partial charge in [-0.05, 0) is 25.5 Å². The highest BCUT2D eigenvalue weighted by atomic mass is 32.2. The number of carbonyl (C=O) groups excluding carboxylic acids is 2. The van der Waals surface area contributed by atoms with Crippen molar-refractivity contribution in [3.05, 3.63) is 46.2 Å². The lowest BCUT2D eigenvalue weighted by molar-refractivity contribution is -0.254. The first-order valence-electron chi connectivity index (χ1n) is 7.47. The third kappa shape index (κ3) is 4.65. The van der Waals surface area contributed by atoms with E-state index in [1.165, 1.54) is 29.6 Å². The standard InChI is InChI=1S/C16H18N2O5S2/c1-3-10(2)18-25(22,23)11-8-14(24-9-11)15(19)17-13-7-5-4-6-12(13)16(20)21/h4-10,18H,3H2,1-2H3,(H,17,19)(H,20,21)/p-1/t10-/m0/s1. The summed E-state index contributed by atoms with van der Waals surface area (Å²) in [7, 11) is -3.70. The lowest BCUT2D eigenvalue weighted by atomic mass is 10.2. The summed E-state index contributed by atoms with van der Waals surface area (Å²) in [6.07, 6.45) is 0.636. The average Bonchev–Trinajstić information content (AvgIpc) is 3.05. The van der Waals surface area contributed by atoms with Crippen LogP contribution < -0.4 is 15.1 Å². The summed E-state index contributed by atoms with van der Waals surface area (Å²) in [5, 5.41) is 14.9. The van der Waals surface area contributed by atoms with Gasteiger partial charge in [-0.1, -0.05) is 25.1 Å². The van der Waals surface area contributed by atoms with Crippen LogP contribution in [0.2, 0.25) is 0 Å². The molecular formula is C16H17N2O5S2-. The number of hydrogen-bond donors (Lipinski definition) is 2. The van der Waals surface area contributed by atoms with Crippen molar-refractivity contribution in [1.29, 1.82) is 0 Å². The molecule has 0 unspecified atom stereocenters. The third-order valence-electron chi connectivity index (χ3n) is 3.47. The van der Waals surface area contributed by atoms with Crippen molar-refractivity contribution in [1.82, 2.24) is 4.72 Å². The molecule has 0 saturated carbocycles. The van der Waals surface area contributed by atoms with E-state index in [9.17, 15) is 23.1 Å². The largest absolute Gasteiger partial charge is 0.545 e. The van der Waals surface area contributed by atoms with Crippen LogP contribution >= 0.6 is 11.3 Å². The van der Waals surface area contributed by atoms with Gasteiger partial charge in [-0.15, -0.1) is 11.3 Å². The number of carboxylic acid groups (broad SMARTS) is 1. The normalized spacial score (nSPS) is 12.6. The van der Waals surface area contributed by atoms with E-state index in [1.54, 1.807) is 13.0 Å². The van der Waals surface area contributed by atoms with E-state index >= 15 is 0 Å². The molecule has 0 aliphatic heterocycles. The van der Waals surface area contributed by atoms with Crippen LogP contribution in [0.1, 0.15) is 40.3 Å². The molecule has 0 aliphatic carbocycles. The number of anilines is 1. The minimum atomic E-state index is -3.70. The number of benzene rings is 1. The molecule has 0 radical (unpaired) electrons. The lowest BCUT2D eigenvalue weighted by Crippen LogP contribution is -2.31. The number of sulfonamides is 1. The number of para-hydroxylation sites is 1. The minimum Gasteiger partial charge on any atom is -0.545 e. The lowest BCUT2D eigenvalue weighted by Gasteiger charge is -2.11. The molecule has 0 fully saturated rings. The van der Waals surface area contributed by atoms with E-state index in [0.29, 0.717) is 6.42 Å². The predicted octanol–water partition coefficient (Wildman–Crippen LogP) is 1.44. The molecule has 0 spiro atoms. The number of amides is 1. The van der Waals surface area contributed by atoms with Gasteiger partial charge >= 0.3 is 0 Å². The van der Waals surface area contributed by atoms with Crippen LogP contribution in [-0.2, 0) is 10.0 Å². The van der Waals surface area contributed by atoms with Gasteiger partial charge < -0.3 is 15.2 Å². The summed E-state index contributed by atoms with van der Waals surface area (Å²) in [6, 6.07) is 6.85. The zero-order valence-electron chi connectivity index (χ0n) is 13.6. The van der Waals surface area contributed by atoms with Crippen LogP contribution in [0.5, 0.6) is 0 Å². The number of nitrogens with one attached hydrogen (secondary N) is 2. The van der Waals surface area contributed by atoms with Gasteiger partial charge in [-0.2, -0.15) is 0 Å². The summed E-state index contributed by atoms with van der Waals surface area (Å²) < 4.78 is 26.9. The average molecular weight is 381 g/mol. The Bertz CT molecular complexity index is 889. The molecule has 1 heterocycles. The van der Waals surface area contributed by atoms with E-state index in [2.05, 4.69) is 10.0 Å². The Morgan fingerprint density at radius 3 is 2.60 bits per heavy atom. The van der Waals surface area contributed by atoms with Crippen molar-refractivity contribution >= 4 is 38.9 Å². The highest BCUT2D eigenvalue weighted by Crippen LogP contribution is 2.22. The number of hydrogen-bond acceptors (Lipinski definition) is 6. The monoisotopic (exact) mass is 381 g/mol. The van der Waals surface area contributed by atoms with Crippen molar-refractivity contribution < 1.29 is 23.1 Å². The molecule has 2 rings (SSSR count). The highest BCUT2D eigenvalue weighted by molar-refractivity contribution is 7.89. The number of carboxylic acids is 1. The zero-order valence-corrected chi connectivity index (χ0v) is 15.2. The fraction of sp³-hybridized carbons (Fsp3) is 0.250. The first-order chi connectivity index (χ1) is 11.7. The quantitative estimate of drug-likeness (QED) is 0.753. The van der Waals surface area contributed by atoms with Crippen molar-refractivity contribution in [3.8, 4) is 0 Å². The summed E-state index contributed by atoms with van der Waals surface area (Å²) >= 11 is 0.958. The van der Waals surface area contributed by atoms with Gasteiger partial charge in [0, 0.05) is 17.0 Å². The van der Waals surface area contributed by atoms with Gasteiger partial charge in [0.2, 0.25) is 10.0 Å². The van der Waals surface area contributed by atoms with Gasteiger partial charge in [-0.3, -0.25) is 4.79 Å². The molecule has 0 saturated heterocycles. The minimum absolute atomic E-state index is 0.00358. The molecule has 9 heteroatoms. The van der Waals surface area contributed by atoms with Gasteiger partial charge in [0.25, 0.3) is 5.91 Å². The van der Waals surface area contributed by atoms with E-state index in [0.717, 1.165) is 11.3 Å². The Hall–Kier alpha value is -2.23.